The molecule has 0 aliphatic rings. The average Bonchev–Trinajstić information content (AvgIpc) is 0.857. The van der Waals surface area contributed by atoms with Crippen molar-refractivity contribution in [3.05, 3.63) is 125 Å². The molecule has 508 valence electrons. The van der Waals surface area contributed by atoms with Crippen molar-refractivity contribution in [2.24, 2.45) is 28.7 Å². The molecule has 20 N–H and O–H groups in total. The highest BCUT2D eigenvalue weighted by Crippen LogP contribution is 2.29. The van der Waals surface area contributed by atoms with Gasteiger partial charge in [-0.1, -0.05) is 31.4 Å². The summed E-state index contributed by atoms with van der Waals surface area (Å²) in [6.07, 6.45) is 5.63. The Bertz CT molecular complexity index is 3390. The summed E-state index contributed by atoms with van der Waals surface area (Å²) in [4.78, 5) is 124. The van der Waals surface area contributed by atoms with E-state index < -0.39 is 83.4 Å². The zero-order valence-electron chi connectivity index (χ0n) is 53.4. The summed E-state index contributed by atoms with van der Waals surface area (Å²) in [7, 11) is 5.35. The van der Waals surface area contributed by atoms with Gasteiger partial charge < -0.3 is 100 Å². The maximum absolute atomic E-state index is 14.4. The Hall–Kier alpha value is -9.87. The number of nitrogens with two attached hydrogens (primary N) is 5. The fourth-order valence-electron chi connectivity index (χ4n) is 9.89. The third kappa shape index (κ3) is 23.1. The monoisotopic (exact) mass is 1300 g/mol. The van der Waals surface area contributed by atoms with Crippen LogP contribution in [0.5, 0.6) is 28.7 Å². The number of hydrogen-bond donors (Lipinski definition) is 15. The fourth-order valence-corrected chi connectivity index (χ4v) is 9.89. The van der Waals surface area contributed by atoms with Gasteiger partial charge in [-0.2, -0.15) is 0 Å². The summed E-state index contributed by atoms with van der Waals surface area (Å²) in [6, 6.07) is 17.3. The third-order valence-corrected chi connectivity index (χ3v) is 15.1. The number of methoxy groups -OCH3 is 4. The molecule has 0 saturated heterocycles. The van der Waals surface area contributed by atoms with E-state index in [0.717, 1.165) is 0 Å². The van der Waals surface area contributed by atoms with Crippen LogP contribution in [0.1, 0.15) is 130 Å². The van der Waals surface area contributed by atoms with E-state index in [4.69, 9.17) is 47.6 Å². The zero-order chi connectivity index (χ0) is 68.7. The van der Waals surface area contributed by atoms with Gasteiger partial charge >= 0.3 is 5.97 Å². The summed E-state index contributed by atoms with van der Waals surface area (Å²) < 4.78 is 22.0. The largest absolute Gasteiger partial charge is 0.508 e. The van der Waals surface area contributed by atoms with Crippen molar-refractivity contribution >= 4 is 76.0 Å². The molecule has 0 bridgehead atoms. The van der Waals surface area contributed by atoms with Crippen LogP contribution < -0.4 is 90.2 Å². The minimum absolute atomic E-state index is 0.0179. The maximum Gasteiger partial charge on any atom is 0.326 e. The van der Waals surface area contributed by atoms with Crippen LogP contribution in [0.25, 0.3) is 0 Å². The van der Waals surface area contributed by atoms with E-state index >= 15 is 0 Å². The summed E-state index contributed by atoms with van der Waals surface area (Å²) >= 11 is 0. The van der Waals surface area contributed by atoms with Crippen molar-refractivity contribution in [3.8, 4) is 28.7 Å². The number of rotatable bonds is 40. The second kappa shape index (κ2) is 38.9. The molecule has 0 aromatic heterocycles. The second-order valence-electron chi connectivity index (χ2n) is 22.0. The number of anilines is 4. The van der Waals surface area contributed by atoms with Gasteiger partial charge in [0.25, 0.3) is 23.6 Å². The molecule has 28 nitrogen and oxygen atoms in total. The van der Waals surface area contributed by atoms with Crippen LogP contribution in [-0.4, -0.2) is 148 Å². The number of aliphatic carboxylic acids is 1. The Morgan fingerprint density at radius 2 is 0.670 bits per heavy atom. The predicted molar refractivity (Wildman–Crippen MR) is 355 cm³/mol. The lowest BCUT2D eigenvalue weighted by Crippen LogP contribution is -2.44. The smallest absolute Gasteiger partial charge is 0.326 e. The van der Waals surface area contributed by atoms with E-state index in [9.17, 15) is 53.4 Å². The molecule has 0 aliphatic carbocycles. The number of carbonyl (C=O) groups is 9. The number of unbranched alkanes of at least 4 members (excludes halogenated alkanes) is 5. The minimum atomic E-state index is -1.39. The topological polar surface area (TPSA) is 457 Å². The highest BCUT2D eigenvalue weighted by atomic mass is 16.5. The predicted octanol–water partition coefficient (Wildman–Crippen LogP) is 4.24. The average molecular weight is 1300 g/mol. The lowest BCUT2D eigenvalue weighted by molar-refractivity contribution is -0.139. The molecule has 0 aliphatic heterocycles. The fraction of sp³-hybridized carbons (Fsp3) is 0.409. The van der Waals surface area contributed by atoms with Crippen LogP contribution >= 0.6 is 0 Å². The number of carboxylic acids is 1. The van der Waals surface area contributed by atoms with Crippen molar-refractivity contribution in [2.75, 3.05) is 75.9 Å². The van der Waals surface area contributed by atoms with Gasteiger partial charge in [0.2, 0.25) is 23.6 Å². The minimum Gasteiger partial charge on any atom is -0.508 e. The molecule has 0 radical (unpaired) electrons. The van der Waals surface area contributed by atoms with Crippen LogP contribution in [0.3, 0.4) is 0 Å². The van der Waals surface area contributed by atoms with Gasteiger partial charge in [0.15, 0.2) is 0 Å². The first kappa shape index (κ1) is 74.9. The summed E-state index contributed by atoms with van der Waals surface area (Å²) in [5.74, 6) is -6.46. The molecule has 5 rings (SSSR count). The molecule has 5 aromatic carbocycles. The molecular formula is C66H89N13O15. The highest BCUT2D eigenvalue weighted by Gasteiger charge is 2.30. The molecule has 0 saturated carbocycles. The molecule has 0 unspecified atom stereocenters. The number of ether oxygens (including phenoxy) is 4. The SMILES string of the molecule is COc1ccc(NC(=O)[C@H](CCCCCN)NC(=O)c2cc(NC(=O)[C@H](CCCCN)NC(=O)c3cc(NC(=O)[C@H](CCCCN)NC(=O)c4cc(NC(=O)[C@@H](N)CCCCN)ccc4OC)ccc3OC)ccc2OC)cc1C(=O)N[C@@H](Cc1ccc(O)cc1)C(=O)O. The number of phenolic OH excluding ortho intramolecular Hbond substituents is 1. The molecule has 0 fully saturated rings. The molecular weight excluding hydrogens is 1210 g/mol. The first-order chi connectivity index (χ1) is 45.2. The Labute approximate surface area is 545 Å². The Kier molecular flexibility index (Phi) is 30.9. The number of aromatic hydroxyl groups is 1. The molecule has 5 atom stereocenters. The number of hydrogen-bond acceptors (Lipinski definition) is 19. The summed E-state index contributed by atoms with van der Waals surface area (Å²) in [6.45, 7) is 1.46. The quantitative estimate of drug-likeness (QED) is 0.0244. The van der Waals surface area contributed by atoms with Crippen LogP contribution in [0.4, 0.5) is 22.7 Å². The normalized spacial score (nSPS) is 12.5. The van der Waals surface area contributed by atoms with E-state index in [1.165, 1.54) is 119 Å². The Balaban J connectivity index is 1.33. The number of nitrogens with one attached hydrogen (secondary N) is 8. The summed E-state index contributed by atoms with van der Waals surface area (Å²) in [5.41, 5.74) is 30.0. The molecule has 94 heavy (non-hydrogen) atoms. The van der Waals surface area contributed by atoms with Crippen molar-refractivity contribution < 1.29 is 72.3 Å². The van der Waals surface area contributed by atoms with Gasteiger partial charge in [-0.05, 0) is 181 Å². The van der Waals surface area contributed by atoms with Gasteiger partial charge in [0.1, 0.15) is 52.9 Å². The van der Waals surface area contributed by atoms with Crippen molar-refractivity contribution in [1.82, 2.24) is 21.3 Å². The van der Waals surface area contributed by atoms with Gasteiger partial charge in [0, 0.05) is 29.2 Å². The lowest BCUT2D eigenvalue weighted by atomic mass is 10.0. The van der Waals surface area contributed by atoms with Gasteiger partial charge in [-0.25, -0.2) is 4.79 Å². The Morgan fingerprint density at radius 1 is 0.383 bits per heavy atom. The zero-order valence-corrected chi connectivity index (χ0v) is 53.4. The van der Waals surface area contributed by atoms with Crippen LogP contribution in [-0.2, 0) is 30.4 Å². The molecule has 0 heterocycles. The van der Waals surface area contributed by atoms with Gasteiger partial charge in [-0.15, -0.1) is 0 Å². The van der Waals surface area contributed by atoms with Crippen molar-refractivity contribution in [3.63, 3.8) is 0 Å². The van der Waals surface area contributed by atoms with Crippen LogP contribution in [0.15, 0.2) is 97.1 Å². The highest BCUT2D eigenvalue weighted by molar-refractivity contribution is 6.08. The van der Waals surface area contributed by atoms with E-state index in [-0.39, 0.29) is 106 Å². The van der Waals surface area contributed by atoms with Crippen molar-refractivity contribution in [1.29, 1.82) is 0 Å². The first-order valence-corrected chi connectivity index (χ1v) is 31.0. The number of carbonyl (C=O) groups excluding carboxylic acids is 8. The summed E-state index contributed by atoms with van der Waals surface area (Å²) in [5, 5.41) is 41.5. The van der Waals surface area contributed by atoms with Crippen LogP contribution in [0, 0.1) is 0 Å². The van der Waals surface area contributed by atoms with Gasteiger partial charge in [-0.3, -0.25) is 38.4 Å². The number of carboxylic acid groups (broad SMARTS) is 1. The standard InChI is InChI=1S/C66H89N13O15/c1-91-54-26-20-40(72-62(85)49(71)14-7-11-31-68)35-45(54)58(81)77-51(16-8-12-32-69)64(87)75-42-22-28-56(93-3)47(37-42)60(83)78-52(17-9-13-33-70)65(88)74-41-21-27-55(92-2)46(36-41)59(82)76-50(15-6-5-10-30-67)63(86)73-43-23-29-57(94-4)48(38-43)61(84)79-53(66(89)90)34-39-18-24-44(80)25-19-39/h18-29,35-38,49-53,80H,5-17,30-34,67-71H2,1-4H3,(H,72,85)(H,73,86)(H,74,88)(H,75,87)(H,76,82)(H,77,81)(H,78,83)(H,79,84)(H,89,90)/t49-,50-,51-,52-,53-/m0/s1. The molecule has 28 heteroatoms. The molecule has 8 amide bonds. The van der Waals surface area contributed by atoms with Crippen LogP contribution in [0.2, 0.25) is 0 Å². The van der Waals surface area contributed by atoms with E-state index in [0.29, 0.717) is 89.4 Å². The van der Waals surface area contributed by atoms with E-state index in [1.54, 1.807) is 6.07 Å². The Morgan fingerprint density at radius 3 is 0.979 bits per heavy atom. The number of phenols is 1. The number of amides is 8. The number of benzene rings is 5. The van der Waals surface area contributed by atoms with Gasteiger partial charge in [0.05, 0.1) is 56.7 Å². The molecule has 5 aromatic rings. The third-order valence-electron chi connectivity index (χ3n) is 15.1. The second-order valence-corrected chi connectivity index (χ2v) is 22.0. The first-order valence-electron chi connectivity index (χ1n) is 31.0. The van der Waals surface area contributed by atoms with Crippen molar-refractivity contribution in [2.45, 2.75) is 120 Å². The maximum atomic E-state index is 14.4. The van der Waals surface area contributed by atoms with E-state index in [1.807, 2.05) is 0 Å². The lowest BCUT2D eigenvalue weighted by Gasteiger charge is -2.22. The van der Waals surface area contributed by atoms with E-state index in [2.05, 4.69) is 42.5 Å². The molecule has 0 spiro atoms.